The lowest BCUT2D eigenvalue weighted by Gasteiger charge is -2.29. The molecule has 34 heavy (non-hydrogen) atoms. The van der Waals surface area contributed by atoms with Crippen molar-refractivity contribution in [2.75, 3.05) is 20.1 Å². The van der Waals surface area contributed by atoms with Crippen LogP contribution in [0.1, 0.15) is 42.1 Å². The van der Waals surface area contributed by atoms with Gasteiger partial charge in [-0.05, 0) is 50.2 Å². The van der Waals surface area contributed by atoms with E-state index in [2.05, 4.69) is 16.0 Å². The first-order chi connectivity index (χ1) is 15.7. The maximum Gasteiger partial charge on any atom is 0.416 e. The number of hydrogen-bond acceptors (Lipinski definition) is 3. The zero-order chi connectivity index (χ0) is 25.7. The number of carbonyl (C=O) groups excluding carboxylic acids is 2. The van der Waals surface area contributed by atoms with Crippen LogP contribution in [0.15, 0.2) is 48.5 Å². The average Bonchev–Trinajstić information content (AvgIpc) is 2.76. The Balaban J connectivity index is 2.44. The number of likely N-dealkylation sites (N-methyl/N-ethyl adjacent to an activating group) is 1. The van der Waals surface area contributed by atoms with E-state index in [0.717, 1.165) is 0 Å². The standard InChI is InChI=1S/C23H25F6N3O2/c1-21(2,15-11-16(22(24,25)26)13-17(12-15)23(27,28)29)20(34)32-18(14-7-5-4-6-8-14)19(33)31-10-9-30-3/h4-8,11-13,18,30H,9-10H2,1-3H3,(H,31,33)(H,32,34)/t18-/m0/s1. The third kappa shape index (κ3) is 6.72. The van der Waals surface area contributed by atoms with Crippen molar-refractivity contribution < 1.29 is 35.9 Å². The maximum absolute atomic E-state index is 13.3. The van der Waals surface area contributed by atoms with E-state index >= 15 is 0 Å². The summed E-state index contributed by atoms with van der Waals surface area (Å²) < 4.78 is 79.7. The normalized spacial score (nSPS) is 13.3. The molecule has 5 nitrogen and oxygen atoms in total. The first-order valence-corrected chi connectivity index (χ1v) is 10.3. The van der Waals surface area contributed by atoms with Crippen LogP contribution in [0, 0.1) is 0 Å². The number of carbonyl (C=O) groups is 2. The van der Waals surface area contributed by atoms with Gasteiger partial charge in [0.2, 0.25) is 11.8 Å². The summed E-state index contributed by atoms with van der Waals surface area (Å²) in [5.74, 6) is -1.50. The van der Waals surface area contributed by atoms with Gasteiger partial charge in [0.05, 0.1) is 16.5 Å². The first-order valence-electron chi connectivity index (χ1n) is 10.3. The van der Waals surface area contributed by atoms with Gasteiger partial charge in [-0.3, -0.25) is 9.59 Å². The van der Waals surface area contributed by atoms with Crippen LogP contribution in [0.3, 0.4) is 0 Å². The Morgan fingerprint density at radius 1 is 0.824 bits per heavy atom. The molecular weight excluding hydrogens is 464 g/mol. The third-order valence-corrected chi connectivity index (χ3v) is 5.22. The van der Waals surface area contributed by atoms with E-state index in [0.29, 0.717) is 24.2 Å². The van der Waals surface area contributed by atoms with Gasteiger partial charge in [-0.2, -0.15) is 26.3 Å². The van der Waals surface area contributed by atoms with Crippen molar-refractivity contribution in [2.24, 2.45) is 0 Å². The summed E-state index contributed by atoms with van der Waals surface area (Å²) in [5.41, 5.74) is -4.98. The first kappa shape index (κ1) is 27.2. The van der Waals surface area contributed by atoms with Gasteiger partial charge >= 0.3 is 12.4 Å². The van der Waals surface area contributed by atoms with E-state index in [9.17, 15) is 35.9 Å². The second-order valence-electron chi connectivity index (χ2n) is 8.13. The molecule has 186 valence electrons. The van der Waals surface area contributed by atoms with Crippen LogP contribution < -0.4 is 16.0 Å². The van der Waals surface area contributed by atoms with Crippen molar-refractivity contribution in [3.05, 3.63) is 70.8 Å². The molecule has 0 aliphatic heterocycles. The molecule has 0 bridgehead atoms. The Morgan fingerprint density at radius 2 is 1.32 bits per heavy atom. The van der Waals surface area contributed by atoms with E-state index in [1.54, 1.807) is 37.4 Å². The topological polar surface area (TPSA) is 70.2 Å². The highest BCUT2D eigenvalue weighted by molar-refractivity contribution is 5.93. The number of hydrogen-bond donors (Lipinski definition) is 3. The molecule has 3 N–H and O–H groups in total. The Morgan fingerprint density at radius 3 is 1.79 bits per heavy atom. The lowest BCUT2D eigenvalue weighted by Crippen LogP contribution is -2.47. The molecule has 0 saturated carbocycles. The highest BCUT2D eigenvalue weighted by Crippen LogP contribution is 2.39. The molecule has 0 spiro atoms. The minimum absolute atomic E-state index is 0.000526. The van der Waals surface area contributed by atoms with Gasteiger partial charge in [-0.25, -0.2) is 0 Å². The van der Waals surface area contributed by atoms with Crippen LogP contribution in [-0.4, -0.2) is 32.0 Å². The highest BCUT2D eigenvalue weighted by atomic mass is 19.4. The molecule has 0 radical (unpaired) electrons. The van der Waals surface area contributed by atoms with Crippen molar-refractivity contribution >= 4 is 11.8 Å². The summed E-state index contributed by atoms with van der Waals surface area (Å²) >= 11 is 0. The third-order valence-electron chi connectivity index (χ3n) is 5.22. The zero-order valence-electron chi connectivity index (χ0n) is 18.7. The Hall–Kier alpha value is -3.08. The SMILES string of the molecule is CNCCNC(=O)[C@@H](NC(=O)C(C)(C)c1cc(C(F)(F)F)cc(C(F)(F)F)c1)c1ccccc1. The number of alkyl halides is 6. The van der Waals surface area contributed by atoms with Crippen LogP contribution in [0.5, 0.6) is 0 Å². The van der Waals surface area contributed by atoms with Crippen molar-refractivity contribution in [1.29, 1.82) is 0 Å². The Labute approximate surface area is 192 Å². The fraction of sp³-hybridized carbons (Fsp3) is 0.391. The molecule has 0 unspecified atom stereocenters. The maximum atomic E-state index is 13.3. The summed E-state index contributed by atoms with van der Waals surface area (Å²) in [6.45, 7) is 3.06. The molecule has 0 aliphatic carbocycles. The van der Waals surface area contributed by atoms with Gasteiger partial charge in [0, 0.05) is 13.1 Å². The molecule has 0 heterocycles. The summed E-state index contributed by atoms with van der Waals surface area (Å²) in [5, 5.41) is 7.94. The van der Waals surface area contributed by atoms with Crippen LogP contribution in [0.2, 0.25) is 0 Å². The van der Waals surface area contributed by atoms with Crippen LogP contribution in [-0.2, 0) is 27.4 Å². The van der Waals surface area contributed by atoms with E-state index in [-0.39, 0.29) is 12.6 Å². The van der Waals surface area contributed by atoms with Crippen molar-refractivity contribution in [1.82, 2.24) is 16.0 Å². The van der Waals surface area contributed by atoms with E-state index < -0.39 is 52.3 Å². The molecule has 0 aliphatic rings. The van der Waals surface area contributed by atoms with Gasteiger partial charge in [0.15, 0.2) is 0 Å². The molecule has 2 rings (SSSR count). The molecule has 11 heteroatoms. The number of halogens is 6. The predicted molar refractivity (Wildman–Crippen MR) is 114 cm³/mol. The highest BCUT2D eigenvalue weighted by Gasteiger charge is 2.41. The van der Waals surface area contributed by atoms with Crippen LogP contribution in [0.25, 0.3) is 0 Å². The number of nitrogens with one attached hydrogen (secondary N) is 3. The molecule has 2 aromatic carbocycles. The largest absolute Gasteiger partial charge is 0.416 e. The number of amides is 2. The minimum Gasteiger partial charge on any atom is -0.353 e. The second kappa shape index (κ2) is 10.5. The Kier molecular flexibility index (Phi) is 8.35. The molecule has 2 aromatic rings. The fourth-order valence-electron chi connectivity index (χ4n) is 3.12. The van der Waals surface area contributed by atoms with Gasteiger partial charge < -0.3 is 16.0 Å². The quantitative estimate of drug-likeness (QED) is 0.385. The molecular formula is C23H25F6N3O2. The van der Waals surface area contributed by atoms with E-state index in [4.69, 9.17) is 0 Å². The van der Waals surface area contributed by atoms with Crippen molar-refractivity contribution in [3.63, 3.8) is 0 Å². The second-order valence-corrected chi connectivity index (χ2v) is 8.13. The van der Waals surface area contributed by atoms with E-state index in [1.165, 1.54) is 13.8 Å². The Bertz CT molecular complexity index is 972. The monoisotopic (exact) mass is 489 g/mol. The zero-order valence-corrected chi connectivity index (χ0v) is 18.7. The van der Waals surface area contributed by atoms with Gasteiger partial charge in [-0.15, -0.1) is 0 Å². The molecule has 0 saturated heterocycles. The van der Waals surface area contributed by atoms with Crippen molar-refractivity contribution in [2.45, 2.75) is 37.7 Å². The smallest absolute Gasteiger partial charge is 0.353 e. The van der Waals surface area contributed by atoms with Crippen LogP contribution in [0.4, 0.5) is 26.3 Å². The summed E-state index contributed by atoms with van der Waals surface area (Å²) in [4.78, 5) is 25.9. The summed E-state index contributed by atoms with van der Waals surface area (Å²) in [7, 11) is 1.68. The molecule has 0 fully saturated rings. The predicted octanol–water partition coefficient (Wildman–Crippen LogP) is 4.19. The molecule has 1 atom stereocenters. The van der Waals surface area contributed by atoms with Gasteiger partial charge in [0.25, 0.3) is 0 Å². The van der Waals surface area contributed by atoms with Gasteiger partial charge in [-0.1, -0.05) is 30.3 Å². The van der Waals surface area contributed by atoms with Crippen LogP contribution >= 0.6 is 0 Å². The average molecular weight is 489 g/mol. The fourth-order valence-corrected chi connectivity index (χ4v) is 3.12. The number of benzene rings is 2. The van der Waals surface area contributed by atoms with Crippen molar-refractivity contribution in [3.8, 4) is 0 Å². The summed E-state index contributed by atoms with van der Waals surface area (Å²) in [6.07, 6.45) is -10.1. The molecule has 2 amide bonds. The van der Waals surface area contributed by atoms with Gasteiger partial charge in [0.1, 0.15) is 6.04 Å². The lowest BCUT2D eigenvalue weighted by molar-refractivity contribution is -0.143. The van der Waals surface area contributed by atoms with E-state index in [1.807, 2.05) is 0 Å². The number of rotatable bonds is 8. The summed E-state index contributed by atoms with van der Waals surface area (Å²) in [6, 6.07) is 7.90. The minimum atomic E-state index is -5.05. The lowest BCUT2D eigenvalue weighted by atomic mass is 9.81. The molecule has 0 aromatic heterocycles.